The van der Waals surface area contributed by atoms with E-state index in [0.717, 1.165) is 6.42 Å². The fourth-order valence-electron chi connectivity index (χ4n) is 14.5. The van der Waals surface area contributed by atoms with Crippen molar-refractivity contribution in [1.82, 2.24) is 0 Å². The first-order valence-electron chi connectivity index (χ1n) is 27.6. The quantitative estimate of drug-likeness (QED) is 0.159. The standard InChI is InChI=1S/C69H72BN3Si/c1-65(2,3)47-31-35-51(36-32-47)72-57-40-49(67(7,8)9)42-61-64(57)70-62-58(43-52(44-59(62)72)73-55-28-20-19-27-54(55)68(10)37-21-22-38-69(68,73)11)71(50-33-29-46(30-34-50)45-23-15-13-16-24-45)56-39-48(66(4,5)6)41-60(63(56)70)74(61,12)53-25-17-14-18-26-53/h13-20,23-36,39-44H,21-22,37-38H2,1-12H3. The van der Waals surface area contributed by atoms with Crippen molar-refractivity contribution < 1.29 is 0 Å². The number of fused-ring (bicyclic) bond motifs is 3. The van der Waals surface area contributed by atoms with Crippen LogP contribution in [0.1, 0.15) is 124 Å². The van der Waals surface area contributed by atoms with Crippen molar-refractivity contribution in [2.24, 2.45) is 0 Å². The third kappa shape index (κ3) is 6.63. The molecule has 1 aliphatic carbocycles. The summed E-state index contributed by atoms with van der Waals surface area (Å²) < 4.78 is 0. The fraction of sp³-hybridized carbons (Fsp3) is 0.304. The zero-order valence-electron chi connectivity index (χ0n) is 45.9. The van der Waals surface area contributed by atoms with Crippen LogP contribution in [0.25, 0.3) is 11.1 Å². The Bertz CT molecular complexity index is 3560. The van der Waals surface area contributed by atoms with Gasteiger partial charge in [-0.15, -0.1) is 0 Å². The molecule has 3 unspecified atom stereocenters. The molecule has 0 bridgehead atoms. The first kappa shape index (κ1) is 47.2. The van der Waals surface area contributed by atoms with E-state index in [1.165, 1.54) is 120 Å². The third-order valence-corrected chi connectivity index (χ3v) is 23.4. The summed E-state index contributed by atoms with van der Waals surface area (Å²) in [5.41, 5.74) is 22.4. The van der Waals surface area contributed by atoms with Gasteiger partial charge in [-0.2, -0.15) is 0 Å². The molecule has 13 rings (SSSR count). The van der Waals surface area contributed by atoms with Crippen molar-refractivity contribution in [3.8, 4) is 11.1 Å². The third-order valence-electron chi connectivity index (χ3n) is 18.9. The lowest BCUT2D eigenvalue weighted by molar-refractivity contribution is 0.195. The Balaban J connectivity index is 1.20. The summed E-state index contributed by atoms with van der Waals surface area (Å²) in [4.78, 5) is 8.25. The topological polar surface area (TPSA) is 9.72 Å². The highest BCUT2D eigenvalue weighted by Gasteiger charge is 2.59. The van der Waals surface area contributed by atoms with Crippen LogP contribution in [0.5, 0.6) is 0 Å². The predicted molar refractivity (Wildman–Crippen MR) is 322 cm³/mol. The minimum Gasteiger partial charge on any atom is -0.334 e. The molecule has 0 spiro atoms. The molecule has 3 nitrogen and oxygen atoms in total. The molecule has 5 heteroatoms. The Morgan fingerprint density at radius 3 is 1.43 bits per heavy atom. The van der Waals surface area contributed by atoms with Crippen LogP contribution in [0.2, 0.25) is 6.55 Å². The number of hydrogen-bond acceptors (Lipinski definition) is 3. The van der Waals surface area contributed by atoms with Crippen molar-refractivity contribution in [2.75, 3.05) is 14.7 Å². The summed E-state index contributed by atoms with van der Waals surface area (Å²) in [5.74, 6) is 0. The van der Waals surface area contributed by atoms with Gasteiger partial charge in [0.05, 0.1) is 5.54 Å². The van der Waals surface area contributed by atoms with Gasteiger partial charge in [-0.1, -0.05) is 214 Å². The second-order valence-electron chi connectivity index (χ2n) is 26.3. The van der Waals surface area contributed by atoms with Crippen molar-refractivity contribution in [3.05, 3.63) is 192 Å². The first-order valence-corrected chi connectivity index (χ1v) is 30.1. The monoisotopic (exact) mass is 982 g/mol. The smallest absolute Gasteiger partial charge is 0.251 e. The van der Waals surface area contributed by atoms with E-state index >= 15 is 0 Å². The number of benzene rings is 8. The molecule has 4 heterocycles. The lowest BCUT2D eigenvalue weighted by Gasteiger charge is -2.53. The highest BCUT2D eigenvalue weighted by Crippen LogP contribution is 2.62. The van der Waals surface area contributed by atoms with Gasteiger partial charge >= 0.3 is 0 Å². The van der Waals surface area contributed by atoms with Crippen LogP contribution >= 0.6 is 0 Å². The lowest BCUT2D eigenvalue weighted by Crippen LogP contribution is -2.83. The highest BCUT2D eigenvalue weighted by molar-refractivity contribution is 7.21. The van der Waals surface area contributed by atoms with E-state index in [1.54, 1.807) is 10.4 Å². The normalized spacial score (nSPS) is 21.4. The maximum atomic E-state index is 2.81. The molecule has 0 amide bonds. The van der Waals surface area contributed by atoms with Gasteiger partial charge in [-0.05, 0) is 146 Å². The second kappa shape index (κ2) is 16.0. The molecule has 0 radical (unpaired) electrons. The van der Waals surface area contributed by atoms with Crippen molar-refractivity contribution in [2.45, 2.75) is 136 Å². The molecule has 1 saturated carbocycles. The Kier molecular flexibility index (Phi) is 10.2. The van der Waals surface area contributed by atoms with E-state index < -0.39 is 8.07 Å². The molecule has 5 aliphatic rings. The summed E-state index contributed by atoms with van der Waals surface area (Å²) in [6.45, 7) is 29.4. The average Bonchev–Trinajstić information content (AvgIpc) is 3.78. The molecule has 8 aromatic carbocycles. The Hall–Kier alpha value is -6.56. The van der Waals surface area contributed by atoms with Crippen LogP contribution < -0.4 is 46.6 Å². The molecule has 0 aromatic heterocycles. The molecule has 0 saturated heterocycles. The molecular formula is C69H72BN3Si. The summed E-state index contributed by atoms with van der Waals surface area (Å²) >= 11 is 0. The maximum absolute atomic E-state index is 2.81. The Morgan fingerprint density at radius 2 is 0.892 bits per heavy atom. The summed E-state index contributed by atoms with van der Waals surface area (Å²) in [7, 11) is -2.77. The minimum absolute atomic E-state index is 0.00647. The van der Waals surface area contributed by atoms with Crippen LogP contribution in [0, 0.1) is 0 Å². The van der Waals surface area contributed by atoms with Gasteiger partial charge in [0, 0.05) is 50.9 Å². The van der Waals surface area contributed by atoms with Crippen LogP contribution in [0.4, 0.5) is 45.5 Å². The summed E-state index contributed by atoms with van der Waals surface area (Å²) in [6, 6.07) is 67.0. The van der Waals surface area contributed by atoms with E-state index in [2.05, 4.69) is 267 Å². The van der Waals surface area contributed by atoms with E-state index in [1.807, 2.05) is 0 Å². The van der Waals surface area contributed by atoms with Crippen molar-refractivity contribution in [3.63, 3.8) is 0 Å². The largest absolute Gasteiger partial charge is 0.334 e. The SMILES string of the molecule is CC(C)(C)c1ccc(N2c3cc(N4c5ccccc5C5(C)CCCCC45C)cc4c3B3c5c(cc(C(C)(C)C)cc5[Si](C)(c5ccccc5)c5cc(C(C)(C)C)cc2c53)N4c2ccc(-c3ccccc3)cc2)cc1. The van der Waals surface area contributed by atoms with Gasteiger partial charge in [0.1, 0.15) is 8.07 Å². The zero-order valence-corrected chi connectivity index (χ0v) is 46.9. The summed E-state index contributed by atoms with van der Waals surface area (Å²) in [5, 5.41) is 4.56. The number of rotatable bonds is 5. The van der Waals surface area contributed by atoms with E-state index in [4.69, 9.17) is 0 Å². The molecular weight excluding hydrogens is 910 g/mol. The Morgan fingerprint density at radius 1 is 0.432 bits per heavy atom. The van der Waals surface area contributed by atoms with Gasteiger partial charge < -0.3 is 14.7 Å². The van der Waals surface area contributed by atoms with Gasteiger partial charge in [0.25, 0.3) is 6.71 Å². The van der Waals surface area contributed by atoms with Crippen molar-refractivity contribution >= 4 is 92.2 Å². The molecule has 1 fully saturated rings. The first-order chi connectivity index (χ1) is 35.2. The van der Waals surface area contributed by atoms with Gasteiger partial charge in [-0.3, -0.25) is 0 Å². The van der Waals surface area contributed by atoms with Gasteiger partial charge in [0.2, 0.25) is 0 Å². The average molecular weight is 982 g/mol. The maximum Gasteiger partial charge on any atom is 0.251 e. The number of para-hydroxylation sites is 1. The molecule has 370 valence electrons. The second-order valence-corrected chi connectivity index (χ2v) is 30.2. The van der Waals surface area contributed by atoms with Gasteiger partial charge in [0.15, 0.2) is 0 Å². The number of hydrogen-bond donors (Lipinski definition) is 0. The van der Waals surface area contributed by atoms with Crippen LogP contribution in [-0.4, -0.2) is 20.3 Å². The highest BCUT2D eigenvalue weighted by atomic mass is 28.3. The molecule has 4 aliphatic heterocycles. The number of nitrogens with zero attached hydrogens (tertiary/aromatic N) is 3. The van der Waals surface area contributed by atoms with E-state index in [9.17, 15) is 0 Å². The van der Waals surface area contributed by atoms with Crippen LogP contribution in [0.15, 0.2) is 170 Å². The summed E-state index contributed by atoms with van der Waals surface area (Å²) in [6.07, 6.45) is 4.81. The zero-order chi connectivity index (χ0) is 51.5. The molecule has 74 heavy (non-hydrogen) atoms. The number of anilines is 8. The fourth-order valence-corrected chi connectivity index (χ4v) is 18.8. The van der Waals surface area contributed by atoms with E-state index in [-0.39, 0.29) is 33.9 Å². The van der Waals surface area contributed by atoms with Crippen molar-refractivity contribution in [1.29, 1.82) is 0 Å². The van der Waals surface area contributed by atoms with E-state index in [0.29, 0.717) is 0 Å². The lowest BCUT2D eigenvalue weighted by atomic mass is 9.33. The van der Waals surface area contributed by atoms with Crippen LogP contribution in [0.3, 0.4) is 0 Å². The van der Waals surface area contributed by atoms with Gasteiger partial charge in [-0.25, -0.2) is 0 Å². The predicted octanol–water partition coefficient (Wildman–Crippen LogP) is 14.5. The molecule has 8 aromatic rings. The Labute approximate surface area is 443 Å². The molecule has 0 N–H and O–H groups in total. The molecule has 3 atom stereocenters. The minimum atomic E-state index is -2.77. The van der Waals surface area contributed by atoms with Crippen LogP contribution in [-0.2, 0) is 21.7 Å².